The van der Waals surface area contributed by atoms with Crippen molar-refractivity contribution in [3.05, 3.63) is 17.4 Å². The van der Waals surface area contributed by atoms with Gasteiger partial charge in [-0.1, -0.05) is 0 Å². The van der Waals surface area contributed by atoms with Crippen LogP contribution < -0.4 is 5.73 Å². The molecule has 0 amide bonds. The zero-order valence-electron chi connectivity index (χ0n) is 12.6. The van der Waals surface area contributed by atoms with Crippen LogP contribution in [0, 0.1) is 18.8 Å². The summed E-state index contributed by atoms with van der Waals surface area (Å²) in [5, 5.41) is -0.209. The zero-order chi connectivity index (χ0) is 16.1. The van der Waals surface area contributed by atoms with Crippen LogP contribution in [0.2, 0.25) is 0 Å². The zero-order valence-corrected chi connectivity index (χ0v) is 13.4. The number of fused-ring (bicyclic) bond motifs is 1. The third kappa shape index (κ3) is 2.35. The number of hydrogen-bond acceptors (Lipinski definition) is 6. The van der Waals surface area contributed by atoms with E-state index in [1.807, 2.05) is 0 Å². The highest BCUT2D eigenvalue weighted by Crippen LogP contribution is 2.39. The second-order valence-corrected chi connectivity index (χ2v) is 7.88. The van der Waals surface area contributed by atoms with E-state index in [0.717, 1.165) is 12.8 Å². The minimum atomic E-state index is -3.74. The maximum Gasteiger partial charge on any atom is 0.341 e. The van der Waals surface area contributed by atoms with Crippen LogP contribution in [0.15, 0.2) is 15.6 Å². The van der Waals surface area contributed by atoms with Crippen LogP contribution in [0.5, 0.6) is 0 Å². The van der Waals surface area contributed by atoms with Crippen LogP contribution in [-0.4, -0.2) is 44.9 Å². The Labute approximate surface area is 129 Å². The molecule has 2 aliphatic rings. The Kier molecular flexibility index (Phi) is 3.78. The molecule has 1 aliphatic heterocycles. The van der Waals surface area contributed by atoms with Gasteiger partial charge in [0.2, 0.25) is 5.09 Å². The molecule has 0 spiro atoms. The summed E-state index contributed by atoms with van der Waals surface area (Å²) in [6.07, 6.45) is 1.91. The van der Waals surface area contributed by atoms with Crippen LogP contribution in [-0.2, 0) is 14.8 Å². The van der Waals surface area contributed by atoms with Crippen molar-refractivity contribution in [1.82, 2.24) is 4.31 Å². The molecular formula is C14H20N2O5S. The summed E-state index contributed by atoms with van der Waals surface area (Å²) in [5.41, 5.74) is 6.18. The predicted octanol–water partition coefficient (Wildman–Crippen LogP) is 0.732. The predicted molar refractivity (Wildman–Crippen MR) is 77.7 cm³/mol. The number of methoxy groups -OCH3 is 1. The third-order valence-corrected chi connectivity index (χ3v) is 6.46. The van der Waals surface area contributed by atoms with E-state index in [1.165, 1.54) is 17.5 Å². The minimum absolute atomic E-state index is 0.0640. The first kappa shape index (κ1) is 15.5. The minimum Gasteiger partial charge on any atom is -0.465 e. The number of sulfonamides is 1. The molecule has 1 aromatic heterocycles. The average molecular weight is 328 g/mol. The molecule has 1 aromatic rings. The molecule has 2 N–H and O–H groups in total. The molecular weight excluding hydrogens is 308 g/mol. The number of rotatable bonds is 3. The molecule has 1 saturated heterocycles. The second-order valence-electron chi connectivity index (χ2n) is 6.01. The summed E-state index contributed by atoms with van der Waals surface area (Å²) >= 11 is 0. The van der Waals surface area contributed by atoms with Gasteiger partial charge in [-0.15, -0.1) is 0 Å². The topological polar surface area (TPSA) is 103 Å². The van der Waals surface area contributed by atoms with Crippen molar-refractivity contribution in [3.63, 3.8) is 0 Å². The van der Waals surface area contributed by atoms with Crippen molar-refractivity contribution < 1.29 is 22.4 Å². The normalized spacial score (nSPS) is 28.8. The monoisotopic (exact) mass is 328 g/mol. The lowest BCUT2D eigenvalue weighted by molar-refractivity contribution is 0.0599. The fourth-order valence-corrected chi connectivity index (χ4v) is 4.99. The summed E-state index contributed by atoms with van der Waals surface area (Å²) in [6.45, 7) is 2.43. The molecule has 3 rings (SSSR count). The maximum atomic E-state index is 12.7. The van der Waals surface area contributed by atoms with E-state index in [2.05, 4.69) is 4.74 Å². The van der Waals surface area contributed by atoms with E-state index in [1.54, 1.807) is 6.92 Å². The summed E-state index contributed by atoms with van der Waals surface area (Å²) in [4.78, 5) is 11.6. The first-order chi connectivity index (χ1) is 10.3. The lowest BCUT2D eigenvalue weighted by atomic mass is 9.98. The SMILES string of the molecule is COC(=O)c1cc(S(=O)(=O)N2CC3CCC(N)C3C2)oc1C. The number of hydrogen-bond donors (Lipinski definition) is 1. The molecule has 0 bridgehead atoms. The number of furan rings is 1. The third-order valence-electron chi connectivity index (χ3n) is 4.77. The van der Waals surface area contributed by atoms with E-state index in [4.69, 9.17) is 10.2 Å². The summed E-state index contributed by atoms with van der Waals surface area (Å²) in [5.74, 6) is 0.163. The smallest absolute Gasteiger partial charge is 0.341 e. The molecule has 1 saturated carbocycles. The number of ether oxygens (including phenoxy) is 1. The van der Waals surface area contributed by atoms with Gasteiger partial charge in [-0.05, 0) is 31.6 Å². The Bertz CT molecular complexity index is 696. The van der Waals surface area contributed by atoms with Gasteiger partial charge in [-0.3, -0.25) is 0 Å². The molecule has 0 aromatic carbocycles. The molecule has 3 unspecified atom stereocenters. The highest BCUT2D eigenvalue weighted by Gasteiger charge is 2.46. The molecule has 2 heterocycles. The molecule has 3 atom stereocenters. The molecule has 7 nitrogen and oxygen atoms in total. The lowest BCUT2D eigenvalue weighted by Crippen LogP contribution is -2.33. The molecule has 122 valence electrons. The quantitative estimate of drug-likeness (QED) is 0.821. The Morgan fingerprint density at radius 1 is 1.41 bits per heavy atom. The van der Waals surface area contributed by atoms with Crippen LogP contribution in [0.3, 0.4) is 0 Å². The Balaban J connectivity index is 1.87. The molecule has 1 aliphatic carbocycles. The lowest BCUT2D eigenvalue weighted by Gasteiger charge is -2.16. The average Bonchev–Trinajstić information content (AvgIpc) is 3.15. The van der Waals surface area contributed by atoms with Crippen LogP contribution in [0.25, 0.3) is 0 Å². The van der Waals surface area contributed by atoms with Crippen molar-refractivity contribution >= 4 is 16.0 Å². The van der Waals surface area contributed by atoms with Crippen LogP contribution in [0.1, 0.15) is 29.0 Å². The fourth-order valence-electron chi connectivity index (χ4n) is 3.48. The number of esters is 1. The van der Waals surface area contributed by atoms with Gasteiger partial charge in [0.1, 0.15) is 11.3 Å². The van der Waals surface area contributed by atoms with E-state index in [0.29, 0.717) is 19.0 Å². The van der Waals surface area contributed by atoms with Gasteiger partial charge in [0, 0.05) is 25.2 Å². The Morgan fingerprint density at radius 3 is 2.77 bits per heavy atom. The van der Waals surface area contributed by atoms with Gasteiger partial charge in [-0.25, -0.2) is 13.2 Å². The van der Waals surface area contributed by atoms with Gasteiger partial charge in [0.25, 0.3) is 10.0 Å². The van der Waals surface area contributed by atoms with E-state index in [9.17, 15) is 13.2 Å². The van der Waals surface area contributed by atoms with E-state index < -0.39 is 16.0 Å². The molecule has 22 heavy (non-hydrogen) atoms. The standard InChI is InChI=1S/C14H20N2O5S/c1-8-10(14(17)20-2)5-13(21-8)22(18,19)16-6-9-3-4-12(15)11(9)7-16/h5,9,11-12H,3-4,6-7,15H2,1-2H3. The van der Waals surface area contributed by atoms with Crippen molar-refractivity contribution in [3.8, 4) is 0 Å². The maximum absolute atomic E-state index is 12.7. The van der Waals surface area contributed by atoms with Crippen LogP contribution >= 0.6 is 0 Å². The first-order valence-corrected chi connectivity index (χ1v) is 8.73. The Hall–Kier alpha value is -1.38. The number of nitrogens with two attached hydrogens (primary N) is 1. The number of nitrogens with zero attached hydrogens (tertiary/aromatic N) is 1. The van der Waals surface area contributed by atoms with Gasteiger partial charge in [-0.2, -0.15) is 4.31 Å². The van der Waals surface area contributed by atoms with Crippen LogP contribution in [0.4, 0.5) is 0 Å². The Morgan fingerprint density at radius 2 is 2.14 bits per heavy atom. The second kappa shape index (κ2) is 5.36. The molecule has 8 heteroatoms. The fraction of sp³-hybridized carbons (Fsp3) is 0.643. The van der Waals surface area contributed by atoms with Crippen molar-refractivity contribution in [2.24, 2.45) is 17.6 Å². The van der Waals surface area contributed by atoms with E-state index in [-0.39, 0.29) is 28.4 Å². The van der Waals surface area contributed by atoms with Crippen molar-refractivity contribution in [2.45, 2.75) is 30.9 Å². The summed E-state index contributed by atoms with van der Waals surface area (Å²) in [6, 6.07) is 1.30. The van der Waals surface area contributed by atoms with Gasteiger partial charge in [0.05, 0.1) is 7.11 Å². The summed E-state index contributed by atoms with van der Waals surface area (Å²) < 4.78 is 36.7. The van der Waals surface area contributed by atoms with Crippen molar-refractivity contribution in [2.75, 3.05) is 20.2 Å². The van der Waals surface area contributed by atoms with Crippen molar-refractivity contribution in [1.29, 1.82) is 0 Å². The number of carbonyl (C=O) groups is 1. The highest BCUT2D eigenvalue weighted by molar-refractivity contribution is 7.89. The van der Waals surface area contributed by atoms with E-state index >= 15 is 0 Å². The first-order valence-electron chi connectivity index (χ1n) is 7.29. The highest BCUT2D eigenvalue weighted by atomic mass is 32.2. The summed E-state index contributed by atoms with van der Waals surface area (Å²) in [7, 11) is -2.50. The number of aryl methyl sites for hydroxylation is 1. The molecule has 0 radical (unpaired) electrons. The van der Waals surface area contributed by atoms with Gasteiger partial charge < -0.3 is 14.9 Å². The van der Waals surface area contributed by atoms with Gasteiger partial charge in [0.15, 0.2) is 0 Å². The molecule has 2 fully saturated rings. The largest absolute Gasteiger partial charge is 0.465 e. The van der Waals surface area contributed by atoms with Gasteiger partial charge >= 0.3 is 5.97 Å². The number of carbonyl (C=O) groups excluding carboxylic acids is 1.